The molecule has 4 heteroatoms. The van der Waals surface area contributed by atoms with Crippen LogP contribution in [0.5, 0.6) is 5.75 Å². The van der Waals surface area contributed by atoms with Crippen LogP contribution in [0.25, 0.3) is 0 Å². The van der Waals surface area contributed by atoms with Gasteiger partial charge in [-0.1, -0.05) is 12.0 Å². The van der Waals surface area contributed by atoms with Crippen molar-refractivity contribution in [2.24, 2.45) is 0 Å². The molecule has 0 aliphatic carbocycles. The summed E-state index contributed by atoms with van der Waals surface area (Å²) in [7, 11) is 2.68. The fraction of sp³-hybridized carbons (Fsp3) is 0.214. The number of ether oxygens (including phenoxy) is 3. The smallest absolute Gasteiger partial charge is 0.377 e. The van der Waals surface area contributed by atoms with Gasteiger partial charge in [-0.2, -0.15) is 0 Å². The predicted octanol–water partition coefficient (Wildman–Crippen LogP) is 2.02. The molecule has 0 bridgehead atoms. The van der Waals surface area contributed by atoms with E-state index in [1.54, 1.807) is 12.1 Å². The van der Waals surface area contributed by atoms with Gasteiger partial charge in [0, 0.05) is 5.56 Å². The average molecular weight is 246 g/mol. The summed E-state index contributed by atoms with van der Waals surface area (Å²) >= 11 is 0. The van der Waals surface area contributed by atoms with E-state index in [4.69, 9.17) is 15.9 Å². The van der Waals surface area contributed by atoms with Gasteiger partial charge in [0.25, 0.3) is 0 Å². The van der Waals surface area contributed by atoms with Gasteiger partial charge in [0.15, 0.2) is 0 Å². The number of carbonyl (C=O) groups excluding carboxylic acids is 1. The number of esters is 1. The fourth-order valence-corrected chi connectivity index (χ4v) is 1.24. The lowest BCUT2D eigenvalue weighted by Crippen LogP contribution is -2.11. The van der Waals surface area contributed by atoms with Crippen molar-refractivity contribution in [2.75, 3.05) is 14.2 Å². The van der Waals surface area contributed by atoms with Crippen LogP contribution in [0.4, 0.5) is 0 Å². The first-order valence-corrected chi connectivity index (χ1v) is 5.18. The van der Waals surface area contributed by atoms with Crippen molar-refractivity contribution in [2.45, 2.75) is 6.92 Å². The van der Waals surface area contributed by atoms with Crippen molar-refractivity contribution in [3.8, 4) is 18.1 Å². The zero-order valence-corrected chi connectivity index (χ0v) is 10.5. The quantitative estimate of drug-likeness (QED) is 0.353. The highest BCUT2D eigenvalue weighted by Crippen LogP contribution is 2.22. The molecule has 1 rings (SSSR count). The summed E-state index contributed by atoms with van der Waals surface area (Å²) in [5.41, 5.74) is 1.51. The molecule has 0 aliphatic heterocycles. The molecule has 0 aromatic heterocycles. The summed E-state index contributed by atoms with van der Waals surface area (Å²) in [6.45, 7) is 1.84. The number of terminal acetylenes is 1. The molecule has 0 atom stereocenters. The second-order valence-corrected chi connectivity index (χ2v) is 3.44. The molecule has 18 heavy (non-hydrogen) atoms. The standard InChI is InChI=1S/C14H14O4/c1-5-11-7-6-10(2)12(8-11)18-13(9-16-3)14(15)17-4/h1,6-9H,2-4H3/b13-9-. The molecule has 0 amide bonds. The number of hydrogen-bond donors (Lipinski definition) is 0. The highest BCUT2D eigenvalue weighted by molar-refractivity contribution is 5.86. The number of methoxy groups -OCH3 is 2. The van der Waals surface area contributed by atoms with E-state index < -0.39 is 5.97 Å². The van der Waals surface area contributed by atoms with Gasteiger partial charge in [0.1, 0.15) is 12.0 Å². The number of hydrogen-bond acceptors (Lipinski definition) is 4. The van der Waals surface area contributed by atoms with Crippen molar-refractivity contribution in [1.29, 1.82) is 0 Å². The van der Waals surface area contributed by atoms with Gasteiger partial charge in [0.05, 0.1) is 14.2 Å². The van der Waals surface area contributed by atoms with Gasteiger partial charge >= 0.3 is 5.97 Å². The van der Waals surface area contributed by atoms with Crippen LogP contribution >= 0.6 is 0 Å². The third-order valence-electron chi connectivity index (χ3n) is 2.19. The van der Waals surface area contributed by atoms with Crippen molar-refractivity contribution >= 4 is 5.97 Å². The van der Waals surface area contributed by atoms with E-state index in [1.165, 1.54) is 20.5 Å². The normalized spacial score (nSPS) is 10.4. The summed E-state index contributed by atoms with van der Waals surface area (Å²) in [5, 5.41) is 0. The van der Waals surface area contributed by atoms with Crippen LogP contribution in [0.15, 0.2) is 30.2 Å². The lowest BCUT2D eigenvalue weighted by atomic mass is 10.1. The Balaban J connectivity index is 3.05. The maximum Gasteiger partial charge on any atom is 0.377 e. The van der Waals surface area contributed by atoms with Crippen LogP contribution in [0.3, 0.4) is 0 Å². The number of aryl methyl sites for hydroxylation is 1. The van der Waals surface area contributed by atoms with Crippen LogP contribution in [0.1, 0.15) is 11.1 Å². The molecule has 1 aromatic rings. The van der Waals surface area contributed by atoms with E-state index in [1.807, 2.05) is 13.0 Å². The Morgan fingerprint density at radius 2 is 2.11 bits per heavy atom. The van der Waals surface area contributed by atoms with Gasteiger partial charge in [0.2, 0.25) is 5.76 Å². The Labute approximate surface area is 106 Å². The molecule has 0 saturated carbocycles. The van der Waals surface area contributed by atoms with E-state index in [9.17, 15) is 4.79 Å². The van der Waals surface area contributed by atoms with Crippen molar-refractivity contribution in [3.05, 3.63) is 41.3 Å². The van der Waals surface area contributed by atoms with E-state index in [0.717, 1.165) is 5.56 Å². The lowest BCUT2D eigenvalue weighted by Gasteiger charge is -2.10. The molecule has 4 nitrogen and oxygen atoms in total. The van der Waals surface area contributed by atoms with Crippen molar-refractivity contribution < 1.29 is 19.0 Å². The highest BCUT2D eigenvalue weighted by atomic mass is 16.6. The van der Waals surface area contributed by atoms with E-state index in [0.29, 0.717) is 11.3 Å². The van der Waals surface area contributed by atoms with E-state index in [2.05, 4.69) is 10.7 Å². The molecular weight excluding hydrogens is 232 g/mol. The molecule has 0 saturated heterocycles. The van der Waals surface area contributed by atoms with Crippen LogP contribution in [0, 0.1) is 19.3 Å². The first-order valence-electron chi connectivity index (χ1n) is 5.18. The second-order valence-electron chi connectivity index (χ2n) is 3.44. The maximum absolute atomic E-state index is 11.4. The second kappa shape index (κ2) is 6.36. The molecule has 0 radical (unpaired) electrons. The van der Waals surface area contributed by atoms with Gasteiger partial charge in [-0.3, -0.25) is 0 Å². The van der Waals surface area contributed by atoms with Gasteiger partial charge in [-0.15, -0.1) is 6.42 Å². The largest absolute Gasteiger partial charge is 0.500 e. The third kappa shape index (κ3) is 3.29. The Morgan fingerprint density at radius 1 is 1.39 bits per heavy atom. The molecule has 0 fully saturated rings. The molecular formula is C14H14O4. The first-order chi connectivity index (χ1) is 8.62. The molecule has 0 unspecified atom stereocenters. The predicted molar refractivity (Wildman–Crippen MR) is 66.9 cm³/mol. The summed E-state index contributed by atoms with van der Waals surface area (Å²) < 4.78 is 14.8. The van der Waals surface area contributed by atoms with Crippen LogP contribution in [-0.4, -0.2) is 20.2 Å². The number of carbonyl (C=O) groups is 1. The number of rotatable bonds is 4. The summed E-state index contributed by atoms with van der Waals surface area (Å²) in [6, 6.07) is 5.27. The molecule has 94 valence electrons. The highest BCUT2D eigenvalue weighted by Gasteiger charge is 2.14. The maximum atomic E-state index is 11.4. The fourth-order valence-electron chi connectivity index (χ4n) is 1.24. The Morgan fingerprint density at radius 3 is 2.67 bits per heavy atom. The summed E-state index contributed by atoms with van der Waals surface area (Å²) in [4.78, 5) is 11.4. The van der Waals surface area contributed by atoms with Gasteiger partial charge < -0.3 is 14.2 Å². The topological polar surface area (TPSA) is 44.8 Å². The Bertz CT molecular complexity index is 509. The molecule has 1 aromatic carbocycles. The zero-order valence-electron chi connectivity index (χ0n) is 10.5. The van der Waals surface area contributed by atoms with Crippen LogP contribution in [0.2, 0.25) is 0 Å². The monoisotopic (exact) mass is 246 g/mol. The molecule has 0 heterocycles. The molecule has 0 N–H and O–H groups in total. The van der Waals surface area contributed by atoms with Crippen LogP contribution < -0.4 is 4.74 Å². The van der Waals surface area contributed by atoms with Gasteiger partial charge in [-0.05, 0) is 24.6 Å². The van der Waals surface area contributed by atoms with Crippen LogP contribution in [-0.2, 0) is 14.3 Å². The van der Waals surface area contributed by atoms with Crippen molar-refractivity contribution in [1.82, 2.24) is 0 Å². The molecule has 0 aliphatic rings. The van der Waals surface area contributed by atoms with E-state index >= 15 is 0 Å². The van der Waals surface area contributed by atoms with E-state index in [-0.39, 0.29) is 5.76 Å². The Kier molecular flexibility index (Phi) is 4.82. The first kappa shape index (κ1) is 13.7. The average Bonchev–Trinajstić information content (AvgIpc) is 2.39. The Hall–Kier alpha value is -2.41. The third-order valence-corrected chi connectivity index (χ3v) is 2.19. The summed E-state index contributed by atoms with van der Waals surface area (Å²) in [5.74, 6) is 2.31. The SMILES string of the molecule is C#Cc1ccc(C)c(O/C(=C\OC)C(=O)OC)c1. The minimum Gasteiger partial charge on any atom is -0.500 e. The lowest BCUT2D eigenvalue weighted by molar-refractivity contribution is -0.138. The summed E-state index contributed by atoms with van der Waals surface area (Å²) in [6.07, 6.45) is 6.48. The van der Waals surface area contributed by atoms with Crippen molar-refractivity contribution in [3.63, 3.8) is 0 Å². The molecule has 0 spiro atoms. The minimum atomic E-state index is -0.623. The number of benzene rings is 1. The minimum absolute atomic E-state index is 0.0442. The zero-order chi connectivity index (χ0) is 13.5. The van der Waals surface area contributed by atoms with Gasteiger partial charge in [-0.25, -0.2) is 4.79 Å².